The summed E-state index contributed by atoms with van der Waals surface area (Å²) < 4.78 is 1.82. The zero-order valence-corrected chi connectivity index (χ0v) is 10.8. The van der Waals surface area contributed by atoms with Gasteiger partial charge in [0.25, 0.3) is 0 Å². The van der Waals surface area contributed by atoms with E-state index in [0.717, 1.165) is 11.6 Å². The van der Waals surface area contributed by atoms with Gasteiger partial charge in [0.2, 0.25) is 0 Å². The fourth-order valence-corrected chi connectivity index (χ4v) is 3.05. The van der Waals surface area contributed by atoms with Gasteiger partial charge in [0.05, 0.1) is 17.9 Å². The van der Waals surface area contributed by atoms with Crippen LogP contribution in [0.5, 0.6) is 0 Å². The second-order valence-electron chi connectivity index (χ2n) is 5.13. The lowest BCUT2D eigenvalue weighted by Gasteiger charge is -2.33. The maximum atomic E-state index is 5.73. The lowest BCUT2D eigenvalue weighted by atomic mass is 9.76. The molecule has 1 aromatic rings. The van der Waals surface area contributed by atoms with Gasteiger partial charge in [-0.3, -0.25) is 16.0 Å². The first-order chi connectivity index (χ1) is 8.26. The Morgan fingerprint density at radius 1 is 1.59 bits per heavy atom. The highest BCUT2D eigenvalue weighted by Crippen LogP contribution is 2.37. The molecule has 0 saturated heterocycles. The molecule has 17 heavy (non-hydrogen) atoms. The molecule has 0 aliphatic heterocycles. The number of rotatable bonds is 4. The molecule has 3 atom stereocenters. The van der Waals surface area contributed by atoms with Gasteiger partial charge in [-0.15, -0.1) is 5.10 Å². The summed E-state index contributed by atoms with van der Waals surface area (Å²) in [5.74, 6) is 7.19. The Kier molecular flexibility index (Phi) is 4.12. The minimum absolute atomic E-state index is 0.185. The van der Waals surface area contributed by atoms with Gasteiger partial charge in [-0.25, -0.2) is 0 Å². The Bertz CT molecular complexity index is 348. The SMILES string of the molecule is CCC1CCCC(C(NN)c2cnnn2C)C1. The van der Waals surface area contributed by atoms with Crippen LogP contribution in [0, 0.1) is 11.8 Å². The van der Waals surface area contributed by atoms with Crippen molar-refractivity contribution in [1.82, 2.24) is 20.4 Å². The maximum absolute atomic E-state index is 5.73. The minimum Gasteiger partial charge on any atom is -0.271 e. The molecular formula is C12H23N5. The van der Waals surface area contributed by atoms with E-state index in [1.165, 1.54) is 32.1 Å². The number of hydrogen-bond acceptors (Lipinski definition) is 4. The molecule has 1 aromatic heterocycles. The van der Waals surface area contributed by atoms with Gasteiger partial charge in [-0.1, -0.05) is 31.4 Å². The lowest BCUT2D eigenvalue weighted by Crippen LogP contribution is -2.37. The normalized spacial score (nSPS) is 27.0. The van der Waals surface area contributed by atoms with Crippen molar-refractivity contribution in [2.75, 3.05) is 0 Å². The van der Waals surface area contributed by atoms with E-state index in [9.17, 15) is 0 Å². The fourth-order valence-electron chi connectivity index (χ4n) is 3.05. The molecule has 3 N–H and O–H groups in total. The van der Waals surface area contributed by atoms with Gasteiger partial charge in [-0.2, -0.15) is 0 Å². The van der Waals surface area contributed by atoms with Crippen molar-refractivity contribution in [2.45, 2.75) is 45.1 Å². The van der Waals surface area contributed by atoms with E-state index >= 15 is 0 Å². The third-order valence-corrected chi connectivity index (χ3v) is 4.12. The summed E-state index contributed by atoms with van der Waals surface area (Å²) in [5, 5.41) is 7.93. The number of hydrazine groups is 1. The number of aryl methyl sites for hydroxylation is 1. The molecule has 0 amide bonds. The van der Waals surface area contributed by atoms with Crippen LogP contribution in [0.1, 0.15) is 50.8 Å². The van der Waals surface area contributed by atoms with Crippen LogP contribution in [-0.4, -0.2) is 15.0 Å². The molecule has 5 heteroatoms. The number of nitrogens with zero attached hydrogens (tertiary/aromatic N) is 3. The first-order valence-corrected chi connectivity index (χ1v) is 6.57. The Morgan fingerprint density at radius 3 is 3.00 bits per heavy atom. The van der Waals surface area contributed by atoms with E-state index in [1.807, 2.05) is 17.9 Å². The van der Waals surface area contributed by atoms with Crippen LogP contribution in [0.2, 0.25) is 0 Å². The molecule has 1 aliphatic carbocycles. The van der Waals surface area contributed by atoms with Crippen molar-refractivity contribution >= 4 is 0 Å². The third kappa shape index (κ3) is 2.66. The topological polar surface area (TPSA) is 68.8 Å². The van der Waals surface area contributed by atoms with E-state index < -0.39 is 0 Å². The molecule has 0 radical (unpaired) electrons. The van der Waals surface area contributed by atoms with E-state index in [2.05, 4.69) is 22.7 Å². The van der Waals surface area contributed by atoms with Gasteiger partial charge in [0.15, 0.2) is 0 Å². The Balaban J connectivity index is 2.10. The van der Waals surface area contributed by atoms with E-state index in [1.54, 1.807) is 0 Å². The van der Waals surface area contributed by atoms with Crippen molar-refractivity contribution < 1.29 is 0 Å². The van der Waals surface area contributed by atoms with Crippen LogP contribution in [-0.2, 0) is 7.05 Å². The smallest absolute Gasteiger partial charge is 0.0769 e. The number of aromatic nitrogens is 3. The molecule has 2 rings (SSSR count). The van der Waals surface area contributed by atoms with Gasteiger partial charge in [0, 0.05) is 7.05 Å². The molecule has 96 valence electrons. The molecule has 1 aliphatic rings. The average molecular weight is 237 g/mol. The lowest BCUT2D eigenvalue weighted by molar-refractivity contribution is 0.205. The van der Waals surface area contributed by atoms with Crippen molar-refractivity contribution in [2.24, 2.45) is 24.7 Å². The third-order valence-electron chi connectivity index (χ3n) is 4.12. The standard InChI is InChI=1S/C12H23N5/c1-3-9-5-4-6-10(7-9)12(15-13)11-8-14-16-17(11)2/h8-10,12,15H,3-7,13H2,1-2H3. The van der Waals surface area contributed by atoms with E-state index in [-0.39, 0.29) is 6.04 Å². The van der Waals surface area contributed by atoms with Crippen LogP contribution < -0.4 is 11.3 Å². The summed E-state index contributed by atoms with van der Waals surface area (Å²) in [7, 11) is 1.92. The van der Waals surface area contributed by atoms with Gasteiger partial charge >= 0.3 is 0 Å². The molecule has 0 aromatic carbocycles. The Hall–Kier alpha value is -0.940. The first-order valence-electron chi connectivity index (χ1n) is 6.57. The Morgan fingerprint density at radius 2 is 2.41 bits per heavy atom. The molecule has 0 spiro atoms. The van der Waals surface area contributed by atoms with Gasteiger partial charge < -0.3 is 0 Å². The van der Waals surface area contributed by atoms with Crippen LogP contribution >= 0.6 is 0 Å². The predicted octanol–water partition coefficient (Wildman–Crippen LogP) is 1.54. The monoisotopic (exact) mass is 237 g/mol. The second kappa shape index (κ2) is 5.60. The highest BCUT2D eigenvalue weighted by Gasteiger charge is 2.29. The first kappa shape index (κ1) is 12.5. The summed E-state index contributed by atoms with van der Waals surface area (Å²) in [5.41, 5.74) is 4.05. The van der Waals surface area contributed by atoms with Crippen LogP contribution in [0.25, 0.3) is 0 Å². The summed E-state index contributed by atoms with van der Waals surface area (Å²) in [6.07, 6.45) is 8.28. The second-order valence-corrected chi connectivity index (χ2v) is 5.13. The highest BCUT2D eigenvalue weighted by molar-refractivity contribution is 5.04. The number of hydrogen-bond donors (Lipinski definition) is 2. The van der Waals surface area contributed by atoms with Crippen molar-refractivity contribution in [3.8, 4) is 0 Å². The average Bonchev–Trinajstić information content (AvgIpc) is 2.77. The maximum Gasteiger partial charge on any atom is 0.0769 e. The van der Waals surface area contributed by atoms with Crippen molar-refractivity contribution in [3.05, 3.63) is 11.9 Å². The molecule has 3 unspecified atom stereocenters. The highest BCUT2D eigenvalue weighted by atomic mass is 15.4. The zero-order valence-electron chi connectivity index (χ0n) is 10.8. The molecule has 5 nitrogen and oxygen atoms in total. The van der Waals surface area contributed by atoms with E-state index in [4.69, 9.17) is 5.84 Å². The zero-order chi connectivity index (χ0) is 12.3. The van der Waals surface area contributed by atoms with Gasteiger partial charge in [-0.05, 0) is 24.7 Å². The molecule has 1 saturated carbocycles. The van der Waals surface area contributed by atoms with Crippen LogP contribution in [0.3, 0.4) is 0 Å². The van der Waals surface area contributed by atoms with E-state index in [0.29, 0.717) is 5.92 Å². The quantitative estimate of drug-likeness (QED) is 0.615. The largest absolute Gasteiger partial charge is 0.271 e. The Labute approximate surface area is 103 Å². The fraction of sp³-hybridized carbons (Fsp3) is 0.833. The summed E-state index contributed by atoms with van der Waals surface area (Å²) in [6, 6.07) is 0.185. The van der Waals surface area contributed by atoms with Crippen LogP contribution in [0.4, 0.5) is 0 Å². The summed E-state index contributed by atoms with van der Waals surface area (Å²) in [4.78, 5) is 0. The molecule has 1 heterocycles. The number of nitrogens with two attached hydrogens (primary N) is 1. The minimum atomic E-state index is 0.185. The molecular weight excluding hydrogens is 214 g/mol. The van der Waals surface area contributed by atoms with Crippen molar-refractivity contribution in [3.63, 3.8) is 0 Å². The van der Waals surface area contributed by atoms with Crippen LogP contribution in [0.15, 0.2) is 6.20 Å². The molecule has 1 fully saturated rings. The summed E-state index contributed by atoms with van der Waals surface area (Å²) in [6.45, 7) is 2.28. The summed E-state index contributed by atoms with van der Waals surface area (Å²) >= 11 is 0. The van der Waals surface area contributed by atoms with Crippen molar-refractivity contribution in [1.29, 1.82) is 0 Å². The molecule has 0 bridgehead atoms. The van der Waals surface area contributed by atoms with Gasteiger partial charge in [0.1, 0.15) is 0 Å². The predicted molar refractivity (Wildman–Crippen MR) is 66.8 cm³/mol. The number of nitrogens with one attached hydrogen (secondary N) is 1.